The van der Waals surface area contributed by atoms with Crippen LogP contribution in [0, 0.1) is 6.92 Å². The number of pyridine rings is 1. The number of nitrogens with zero attached hydrogens (tertiary/aromatic N) is 1. The van der Waals surface area contributed by atoms with E-state index in [0.29, 0.717) is 16.7 Å². The fourth-order valence-corrected chi connectivity index (χ4v) is 1.45. The van der Waals surface area contributed by atoms with Gasteiger partial charge in [0.15, 0.2) is 0 Å². The van der Waals surface area contributed by atoms with Gasteiger partial charge in [-0.1, -0.05) is 35.9 Å². The molecule has 1 heterocycles. The van der Waals surface area contributed by atoms with E-state index in [1.807, 2.05) is 13.0 Å². The normalized spacial score (nSPS) is 9.89. The van der Waals surface area contributed by atoms with Crippen LogP contribution in [0.5, 0.6) is 5.75 Å². The van der Waals surface area contributed by atoms with Crippen molar-refractivity contribution in [3.05, 3.63) is 53.2 Å². The number of nitrogens with one attached hydrogen (secondary N) is 1. The molecule has 1 aromatic carbocycles. The molecule has 0 unspecified atom stereocenters. The van der Waals surface area contributed by atoms with Crippen LogP contribution in [0.3, 0.4) is 0 Å². The Morgan fingerprint density at radius 2 is 1.94 bits per heavy atom. The third-order valence-electron chi connectivity index (χ3n) is 2.22. The van der Waals surface area contributed by atoms with Gasteiger partial charge in [-0.3, -0.25) is 5.32 Å². The first-order valence-corrected chi connectivity index (χ1v) is 5.70. The summed E-state index contributed by atoms with van der Waals surface area (Å²) in [6, 6.07) is 12.2. The van der Waals surface area contributed by atoms with Gasteiger partial charge in [0.1, 0.15) is 16.7 Å². The van der Waals surface area contributed by atoms with Crippen molar-refractivity contribution in [1.82, 2.24) is 4.98 Å². The Bertz CT molecular complexity index is 558. The second-order valence-electron chi connectivity index (χ2n) is 3.63. The number of aryl methyl sites for hydroxylation is 1. The molecule has 0 aliphatic carbocycles. The van der Waals surface area contributed by atoms with E-state index in [0.717, 1.165) is 5.56 Å². The van der Waals surface area contributed by atoms with Crippen molar-refractivity contribution in [2.45, 2.75) is 6.92 Å². The van der Waals surface area contributed by atoms with E-state index in [4.69, 9.17) is 16.3 Å². The molecule has 2 rings (SSSR count). The Kier molecular flexibility index (Phi) is 3.79. The van der Waals surface area contributed by atoms with Crippen molar-refractivity contribution in [2.75, 3.05) is 5.32 Å². The van der Waals surface area contributed by atoms with E-state index in [9.17, 15) is 4.79 Å². The van der Waals surface area contributed by atoms with Crippen LogP contribution in [0.4, 0.5) is 10.6 Å². The number of amides is 1. The Hall–Kier alpha value is -2.07. The lowest BCUT2D eigenvalue weighted by Crippen LogP contribution is -2.17. The molecule has 0 bridgehead atoms. The summed E-state index contributed by atoms with van der Waals surface area (Å²) in [5.74, 6) is 0.819. The van der Waals surface area contributed by atoms with Gasteiger partial charge in [0.2, 0.25) is 0 Å². The smallest absolute Gasteiger partial charge is 0.410 e. The average Bonchev–Trinajstić information content (AvgIpc) is 2.35. The highest BCUT2D eigenvalue weighted by Gasteiger charge is 2.06. The monoisotopic (exact) mass is 262 g/mol. The molecule has 1 aromatic heterocycles. The second-order valence-corrected chi connectivity index (χ2v) is 3.99. The van der Waals surface area contributed by atoms with Gasteiger partial charge in [-0.15, -0.1) is 0 Å². The van der Waals surface area contributed by atoms with Crippen molar-refractivity contribution in [1.29, 1.82) is 0 Å². The van der Waals surface area contributed by atoms with Crippen LogP contribution < -0.4 is 10.1 Å². The summed E-state index contributed by atoms with van der Waals surface area (Å²) in [6.07, 6.45) is -0.603. The Labute approximate surface area is 110 Å². The van der Waals surface area contributed by atoms with Gasteiger partial charge in [0, 0.05) is 0 Å². The molecule has 0 spiro atoms. The van der Waals surface area contributed by atoms with Crippen LogP contribution in [-0.2, 0) is 0 Å². The number of anilines is 1. The lowest BCUT2D eigenvalue weighted by Gasteiger charge is -2.06. The van der Waals surface area contributed by atoms with E-state index in [1.54, 1.807) is 36.4 Å². The molecule has 0 radical (unpaired) electrons. The SMILES string of the molecule is Cc1ccc(NC(=O)Oc2ccccc2)nc1Cl. The number of hydrogen-bond acceptors (Lipinski definition) is 3. The Balaban J connectivity index is 2.01. The minimum Gasteiger partial charge on any atom is -0.410 e. The van der Waals surface area contributed by atoms with E-state index < -0.39 is 6.09 Å². The maximum absolute atomic E-state index is 11.6. The number of aromatic nitrogens is 1. The topological polar surface area (TPSA) is 51.2 Å². The number of carbonyl (C=O) groups is 1. The summed E-state index contributed by atoms with van der Waals surface area (Å²) in [5, 5.41) is 2.86. The number of carbonyl (C=O) groups excluding carboxylic acids is 1. The predicted octanol–water partition coefficient (Wildman–Crippen LogP) is 3.65. The zero-order valence-electron chi connectivity index (χ0n) is 9.68. The molecule has 0 aliphatic heterocycles. The highest BCUT2D eigenvalue weighted by Crippen LogP contribution is 2.15. The fourth-order valence-electron chi connectivity index (χ4n) is 1.30. The molecule has 92 valence electrons. The van der Waals surface area contributed by atoms with E-state index in [1.165, 1.54) is 0 Å². The first kappa shape index (κ1) is 12.4. The third-order valence-corrected chi connectivity index (χ3v) is 2.60. The minimum absolute atomic E-state index is 0.353. The third kappa shape index (κ3) is 3.21. The number of hydrogen-bond donors (Lipinski definition) is 1. The molecule has 0 aliphatic rings. The number of rotatable bonds is 2. The quantitative estimate of drug-likeness (QED) is 0.841. The van der Waals surface area contributed by atoms with E-state index in [-0.39, 0.29) is 0 Å². The molecular formula is C13H11ClN2O2. The molecule has 0 saturated carbocycles. The number of benzene rings is 1. The van der Waals surface area contributed by atoms with Crippen LogP contribution in [0.2, 0.25) is 5.15 Å². The van der Waals surface area contributed by atoms with Gasteiger partial charge in [-0.25, -0.2) is 9.78 Å². The summed E-state index contributed by atoms with van der Waals surface area (Å²) in [6.45, 7) is 1.83. The predicted molar refractivity (Wildman–Crippen MR) is 70.1 cm³/mol. The van der Waals surface area contributed by atoms with Crippen molar-refractivity contribution in [3.63, 3.8) is 0 Å². The Morgan fingerprint density at radius 1 is 1.22 bits per heavy atom. The molecule has 18 heavy (non-hydrogen) atoms. The minimum atomic E-state index is -0.603. The number of halogens is 1. The first-order valence-electron chi connectivity index (χ1n) is 5.32. The summed E-state index contributed by atoms with van der Waals surface area (Å²) in [4.78, 5) is 15.6. The van der Waals surface area contributed by atoms with Crippen LogP contribution in [-0.4, -0.2) is 11.1 Å². The summed E-state index contributed by atoms with van der Waals surface area (Å²) in [7, 11) is 0. The van der Waals surface area contributed by atoms with Gasteiger partial charge in [0.05, 0.1) is 0 Å². The zero-order valence-corrected chi connectivity index (χ0v) is 10.4. The number of para-hydroxylation sites is 1. The average molecular weight is 263 g/mol. The van der Waals surface area contributed by atoms with Gasteiger partial charge in [-0.2, -0.15) is 0 Å². The lowest BCUT2D eigenvalue weighted by atomic mass is 10.3. The second kappa shape index (κ2) is 5.51. The van der Waals surface area contributed by atoms with Crippen molar-refractivity contribution >= 4 is 23.5 Å². The van der Waals surface area contributed by atoms with Crippen LogP contribution >= 0.6 is 11.6 Å². The lowest BCUT2D eigenvalue weighted by molar-refractivity contribution is 0.215. The molecule has 5 heteroatoms. The summed E-state index contributed by atoms with van der Waals surface area (Å²) in [5.41, 5.74) is 0.846. The van der Waals surface area contributed by atoms with Crippen LogP contribution in [0.1, 0.15) is 5.56 Å². The molecular weight excluding hydrogens is 252 g/mol. The fraction of sp³-hybridized carbons (Fsp3) is 0.0769. The van der Waals surface area contributed by atoms with Crippen LogP contribution in [0.15, 0.2) is 42.5 Å². The standard InChI is InChI=1S/C13H11ClN2O2/c1-9-7-8-11(15-12(9)14)16-13(17)18-10-5-3-2-4-6-10/h2-8H,1H3,(H,15,16,17). The van der Waals surface area contributed by atoms with Crippen molar-refractivity contribution < 1.29 is 9.53 Å². The molecule has 0 atom stereocenters. The Morgan fingerprint density at radius 3 is 2.61 bits per heavy atom. The zero-order chi connectivity index (χ0) is 13.0. The highest BCUT2D eigenvalue weighted by molar-refractivity contribution is 6.30. The highest BCUT2D eigenvalue weighted by atomic mass is 35.5. The maximum Gasteiger partial charge on any atom is 0.418 e. The van der Waals surface area contributed by atoms with Gasteiger partial charge in [0.25, 0.3) is 0 Å². The molecule has 0 saturated heterocycles. The molecule has 4 nitrogen and oxygen atoms in total. The first-order chi connectivity index (χ1) is 8.65. The molecule has 1 amide bonds. The molecule has 1 N–H and O–H groups in total. The van der Waals surface area contributed by atoms with Gasteiger partial charge >= 0.3 is 6.09 Å². The summed E-state index contributed by atoms with van der Waals surface area (Å²) >= 11 is 5.85. The number of ether oxygens (including phenoxy) is 1. The van der Waals surface area contributed by atoms with Crippen molar-refractivity contribution in [2.24, 2.45) is 0 Å². The van der Waals surface area contributed by atoms with E-state index >= 15 is 0 Å². The maximum atomic E-state index is 11.6. The van der Waals surface area contributed by atoms with Gasteiger partial charge < -0.3 is 4.74 Å². The largest absolute Gasteiger partial charge is 0.418 e. The van der Waals surface area contributed by atoms with E-state index in [2.05, 4.69) is 10.3 Å². The molecule has 0 fully saturated rings. The summed E-state index contributed by atoms with van der Waals surface area (Å²) < 4.78 is 5.06. The van der Waals surface area contributed by atoms with Crippen molar-refractivity contribution in [3.8, 4) is 5.75 Å². The van der Waals surface area contributed by atoms with Crippen LogP contribution in [0.25, 0.3) is 0 Å². The molecule has 2 aromatic rings. The van der Waals surface area contributed by atoms with Gasteiger partial charge in [-0.05, 0) is 30.7 Å².